The first-order chi connectivity index (χ1) is 21.8. The van der Waals surface area contributed by atoms with Gasteiger partial charge < -0.3 is 19.3 Å². The van der Waals surface area contributed by atoms with Crippen molar-refractivity contribution in [2.24, 2.45) is 0 Å². The fourth-order valence-electron chi connectivity index (χ4n) is 6.76. The van der Waals surface area contributed by atoms with E-state index in [1.165, 1.54) is 16.4 Å². The Balaban J connectivity index is 1.18. The van der Waals surface area contributed by atoms with Crippen LogP contribution in [0.2, 0.25) is 0 Å². The van der Waals surface area contributed by atoms with Gasteiger partial charge in [-0.25, -0.2) is 12.8 Å². The van der Waals surface area contributed by atoms with Crippen molar-refractivity contribution in [1.29, 1.82) is 0 Å². The standard InChI is InChI=1S/C33H33F4NO7S/c1-46(41,42)38-12-10-24(17-38)45-22-5-2-19(3-6-22)31-26-8-4-20(32(26)28(34)16-27(31)33(35,36)37)11-13-43-23-7-9-25-21(14-30(39)40)18-44-29(25)15-23/h2-3,5-7,9,15-16,20-21,24H,4,8,10-14,17-18H2,1H3,(H,39,40)/t20-,21?,24-/m0/s1. The summed E-state index contributed by atoms with van der Waals surface area (Å²) in [5.74, 6) is -0.914. The van der Waals surface area contributed by atoms with E-state index in [2.05, 4.69) is 0 Å². The Kier molecular flexibility index (Phi) is 8.66. The Morgan fingerprint density at radius 1 is 1.07 bits per heavy atom. The van der Waals surface area contributed by atoms with Gasteiger partial charge in [-0.2, -0.15) is 17.5 Å². The minimum atomic E-state index is -4.78. The van der Waals surface area contributed by atoms with E-state index < -0.39 is 33.5 Å². The van der Waals surface area contributed by atoms with Gasteiger partial charge >= 0.3 is 12.1 Å². The molecule has 3 aromatic rings. The highest BCUT2D eigenvalue weighted by molar-refractivity contribution is 7.88. The zero-order valence-corrected chi connectivity index (χ0v) is 25.8. The third kappa shape index (κ3) is 6.66. The number of carboxylic acid groups (broad SMARTS) is 1. The number of benzene rings is 3. The maximum absolute atomic E-state index is 15.4. The third-order valence-electron chi connectivity index (χ3n) is 8.92. The van der Waals surface area contributed by atoms with E-state index in [9.17, 15) is 26.4 Å². The van der Waals surface area contributed by atoms with Crippen molar-refractivity contribution in [3.05, 3.63) is 76.6 Å². The molecule has 46 heavy (non-hydrogen) atoms. The normalized spacial score (nSPS) is 21.1. The molecule has 6 rings (SSSR count). The predicted molar refractivity (Wildman–Crippen MR) is 160 cm³/mol. The number of fused-ring (bicyclic) bond motifs is 2. The molecule has 3 aliphatic rings. The molecule has 1 fully saturated rings. The molecule has 0 spiro atoms. The molecule has 2 heterocycles. The van der Waals surface area contributed by atoms with Gasteiger partial charge in [0.1, 0.15) is 29.2 Å². The summed E-state index contributed by atoms with van der Waals surface area (Å²) in [5.41, 5.74) is 0.610. The highest BCUT2D eigenvalue weighted by Gasteiger charge is 2.40. The second-order valence-electron chi connectivity index (χ2n) is 12.0. The molecule has 0 radical (unpaired) electrons. The van der Waals surface area contributed by atoms with E-state index in [0.717, 1.165) is 11.8 Å². The van der Waals surface area contributed by atoms with Crippen LogP contribution in [0.25, 0.3) is 11.1 Å². The molecule has 2 aliphatic heterocycles. The molecule has 13 heteroatoms. The summed E-state index contributed by atoms with van der Waals surface area (Å²) < 4.78 is 100. The molecule has 0 aromatic heterocycles. The number of ether oxygens (including phenoxy) is 3. The second-order valence-corrected chi connectivity index (χ2v) is 14.0. The van der Waals surface area contributed by atoms with Crippen molar-refractivity contribution < 1.29 is 50.1 Å². The predicted octanol–water partition coefficient (Wildman–Crippen LogP) is 6.37. The summed E-state index contributed by atoms with van der Waals surface area (Å²) in [7, 11) is -3.34. The molecule has 0 amide bonds. The average Bonchev–Trinajstić information content (AvgIpc) is 3.72. The third-order valence-corrected chi connectivity index (χ3v) is 10.2. The Bertz CT molecular complexity index is 1740. The molecule has 1 unspecified atom stereocenters. The molecular formula is C33H33F4NO7S. The van der Waals surface area contributed by atoms with E-state index >= 15 is 4.39 Å². The molecular weight excluding hydrogens is 630 g/mol. The quantitative estimate of drug-likeness (QED) is 0.252. The summed E-state index contributed by atoms with van der Waals surface area (Å²) in [6, 6.07) is 11.9. The Hall–Kier alpha value is -3.84. The van der Waals surface area contributed by atoms with Crippen molar-refractivity contribution in [3.8, 4) is 28.4 Å². The van der Waals surface area contributed by atoms with Crippen LogP contribution in [0.5, 0.6) is 17.2 Å². The van der Waals surface area contributed by atoms with Gasteiger partial charge in [-0.05, 0) is 78.1 Å². The van der Waals surface area contributed by atoms with Crippen LogP contribution in [-0.2, 0) is 27.4 Å². The number of halogens is 4. The lowest BCUT2D eigenvalue weighted by molar-refractivity contribution is -0.138. The van der Waals surface area contributed by atoms with E-state index in [1.807, 2.05) is 0 Å². The number of carboxylic acids is 1. The highest BCUT2D eigenvalue weighted by Crippen LogP contribution is 2.48. The van der Waals surface area contributed by atoms with Crippen LogP contribution in [0.1, 0.15) is 59.8 Å². The first-order valence-corrected chi connectivity index (χ1v) is 16.9. The van der Waals surface area contributed by atoms with Gasteiger partial charge in [0.05, 0.1) is 38.0 Å². The van der Waals surface area contributed by atoms with E-state index in [1.54, 1.807) is 30.3 Å². The molecule has 8 nitrogen and oxygen atoms in total. The van der Waals surface area contributed by atoms with Gasteiger partial charge in [0.25, 0.3) is 0 Å². The van der Waals surface area contributed by atoms with Gasteiger partial charge in [-0.3, -0.25) is 4.79 Å². The number of aliphatic carboxylic acids is 1. The van der Waals surface area contributed by atoms with Crippen molar-refractivity contribution in [3.63, 3.8) is 0 Å². The van der Waals surface area contributed by atoms with E-state index in [0.29, 0.717) is 54.7 Å². The lowest BCUT2D eigenvalue weighted by Crippen LogP contribution is -2.29. The van der Waals surface area contributed by atoms with Gasteiger partial charge in [0.15, 0.2) is 0 Å². The fourth-order valence-corrected chi connectivity index (χ4v) is 7.63. The van der Waals surface area contributed by atoms with Crippen molar-refractivity contribution in [2.75, 3.05) is 32.6 Å². The number of rotatable bonds is 10. The zero-order chi connectivity index (χ0) is 32.8. The summed E-state index contributed by atoms with van der Waals surface area (Å²) >= 11 is 0. The lowest BCUT2D eigenvalue weighted by atomic mass is 9.89. The number of hydrogen-bond donors (Lipinski definition) is 1. The van der Waals surface area contributed by atoms with Crippen LogP contribution in [0, 0.1) is 5.82 Å². The lowest BCUT2D eigenvalue weighted by Gasteiger charge is -2.20. The summed E-state index contributed by atoms with van der Waals surface area (Å²) in [5, 5.41) is 9.10. The van der Waals surface area contributed by atoms with Crippen LogP contribution in [0.3, 0.4) is 0 Å². The van der Waals surface area contributed by atoms with Crippen LogP contribution < -0.4 is 14.2 Å². The number of alkyl halides is 3. The van der Waals surface area contributed by atoms with Crippen molar-refractivity contribution >= 4 is 16.0 Å². The molecule has 3 aromatic carbocycles. The molecule has 0 bridgehead atoms. The number of sulfonamides is 1. The van der Waals surface area contributed by atoms with Crippen LogP contribution in [-0.4, -0.2) is 62.5 Å². The van der Waals surface area contributed by atoms with Crippen molar-refractivity contribution in [2.45, 2.75) is 56.2 Å². The first kappa shape index (κ1) is 32.1. The number of carbonyl (C=O) groups is 1. The fraction of sp³-hybridized carbons (Fsp3) is 0.424. The average molecular weight is 664 g/mol. The molecule has 0 saturated carbocycles. The molecule has 3 atom stereocenters. The van der Waals surface area contributed by atoms with E-state index in [-0.39, 0.29) is 67.2 Å². The maximum atomic E-state index is 15.4. The van der Waals surface area contributed by atoms with E-state index in [4.69, 9.17) is 19.3 Å². The maximum Gasteiger partial charge on any atom is 0.417 e. The van der Waals surface area contributed by atoms with Gasteiger partial charge in [0, 0.05) is 24.1 Å². The van der Waals surface area contributed by atoms with Crippen LogP contribution in [0.15, 0.2) is 48.5 Å². The summed E-state index contributed by atoms with van der Waals surface area (Å²) in [4.78, 5) is 11.1. The summed E-state index contributed by atoms with van der Waals surface area (Å²) in [6.45, 7) is 0.997. The minimum Gasteiger partial charge on any atom is -0.493 e. The molecule has 246 valence electrons. The van der Waals surface area contributed by atoms with Gasteiger partial charge in [-0.1, -0.05) is 18.2 Å². The zero-order valence-electron chi connectivity index (χ0n) is 25.0. The summed E-state index contributed by atoms with van der Waals surface area (Å²) in [6.07, 6.45) is -2.44. The minimum absolute atomic E-state index is 0.0392. The largest absolute Gasteiger partial charge is 0.493 e. The Morgan fingerprint density at radius 2 is 1.80 bits per heavy atom. The van der Waals surface area contributed by atoms with Crippen LogP contribution in [0.4, 0.5) is 17.6 Å². The monoisotopic (exact) mass is 663 g/mol. The SMILES string of the molecule is CS(=O)(=O)N1CC[C@H](Oc2ccc(-c3c(C(F)(F)F)cc(F)c4c3CC[C@H]4CCOc3ccc4c(c3)OCC4CC(=O)O)cc2)C1. The Morgan fingerprint density at radius 3 is 2.48 bits per heavy atom. The second kappa shape index (κ2) is 12.4. The molecule has 1 saturated heterocycles. The van der Waals surface area contributed by atoms with Gasteiger partial charge in [0.2, 0.25) is 10.0 Å². The topological polar surface area (TPSA) is 102 Å². The Labute approximate surface area is 263 Å². The number of hydrogen-bond acceptors (Lipinski definition) is 6. The first-order valence-electron chi connectivity index (χ1n) is 15.0. The molecule has 1 aliphatic carbocycles. The molecule has 1 N–H and O–H groups in total. The van der Waals surface area contributed by atoms with Gasteiger partial charge in [-0.15, -0.1) is 0 Å². The number of nitrogens with zero attached hydrogens (tertiary/aromatic N) is 1. The highest BCUT2D eigenvalue weighted by atomic mass is 32.2. The van der Waals surface area contributed by atoms with Crippen LogP contribution >= 0.6 is 0 Å². The smallest absolute Gasteiger partial charge is 0.417 e. The van der Waals surface area contributed by atoms with Crippen molar-refractivity contribution in [1.82, 2.24) is 4.31 Å².